The van der Waals surface area contributed by atoms with Gasteiger partial charge in [0.05, 0.1) is 6.61 Å². The van der Waals surface area contributed by atoms with E-state index in [9.17, 15) is 0 Å². The number of nitrogens with zero attached hydrogens (tertiary/aromatic N) is 1. The summed E-state index contributed by atoms with van der Waals surface area (Å²) >= 11 is 0. The van der Waals surface area contributed by atoms with Gasteiger partial charge in [-0.05, 0) is 56.3 Å². The fraction of sp³-hybridized carbons (Fsp3) is 0.647. The van der Waals surface area contributed by atoms with Crippen molar-refractivity contribution in [2.75, 3.05) is 31.6 Å². The molecule has 0 bridgehead atoms. The smallest absolute Gasteiger partial charge is 0.0713 e. The van der Waals surface area contributed by atoms with E-state index in [4.69, 9.17) is 4.74 Å². The van der Waals surface area contributed by atoms with Gasteiger partial charge in [-0.25, -0.2) is 0 Å². The van der Waals surface area contributed by atoms with Gasteiger partial charge in [0.1, 0.15) is 0 Å². The van der Waals surface area contributed by atoms with Crippen molar-refractivity contribution < 1.29 is 4.74 Å². The number of rotatable bonds is 4. The monoisotopic (exact) mass is 274 g/mol. The van der Waals surface area contributed by atoms with Crippen LogP contribution in [0.5, 0.6) is 0 Å². The fourth-order valence-corrected chi connectivity index (χ4v) is 3.40. The summed E-state index contributed by atoms with van der Waals surface area (Å²) in [6.45, 7) is 6.50. The normalized spacial score (nSPS) is 27.4. The summed E-state index contributed by atoms with van der Waals surface area (Å²) in [5.74, 6) is 0.866. The standard InChI is InChI=1S/C17H26N2O/c1-17(15-7-8-15)13-19(10-4-9-18-17)16-6-3-5-14(11-16)12-20-2/h3,5-6,11,15,18H,4,7-10,12-13H2,1-2H3. The number of anilines is 1. The molecule has 110 valence electrons. The molecule has 2 fully saturated rings. The molecular formula is C17H26N2O. The molecule has 3 rings (SSSR count). The second kappa shape index (κ2) is 5.74. The molecule has 0 radical (unpaired) electrons. The van der Waals surface area contributed by atoms with Gasteiger partial charge in [-0.1, -0.05) is 12.1 Å². The molecule has 1 saturated carbocycles. The van der Waals surface area contributed by atoms with E-state index in [1.165, 1.54) is 30.5 Å². The number of hydrogen-bond acceptors (Lipinski definition) is 3. The summed E-state index contributed by atoms with van der Waals surface area (Å²) < 4.78 is 5.25. The molecule has 0 amide bonds. The molecule has 1 N–H and O–H groups in total. The molecule has 3 heteroatoms. The summed E-state index contributed by atoms with van der Waals surface area (Å²) in [5, 5.41) is 3.79. The van der Waals surface area contributed by atoms with Crippen molar-refractivity contribution in [1.29, 1.82) is 0 Å². The van der Waals surface area contributed by atoms with Crippen molar-refractivity contribution in [3.8, 4) is 0 Å². The minimum atomic E-state index is 0.285. The van der Waals surface area contributed by atoms with Gasteiger partial charge in [-0.3, -0.25) is 0 Å². The van der Waals surface area contributed by atoms with Crippen LogP contribution in [-0.4, -0.2) is 32.3 Å². The molecule has 1 saturated heterocycles. The van der Waals surface area contributed by atoms with Gasteiger partial charge in [0, 0.05) is 31.4 Å². The lowest BCUT2D eigenvalue weighted by atomic mass is 9.95. The SMILES string of the molecule is COCc1cccc(N2CCCNC(C)(C3CC3)C2)c1. The third-order valence-corrected chi connectivity index (χ3v) is 4.72. The Hall–Kier alpha value is -1.06. The Balaban J connectivity index is 1.78. The van der Waals surface area contributed by atoms with Crippen LogP contribution in [-0.2, 0) is 11.3 Å². The van der Waals surface area contributed by atoms with E-state index in [-0.39, 0.29) is 5.54 Å². The molecule has 1 aliphatic carbocycles. The van der Waals surface area contributed by atoms with E-state index >= 15 is 0 Å². The van der Waals surface area contributed by atoms with Crippen LogP contribution in [0.25, 0.3) is 0 Å². The van der Waals surface area contributed by atoms with Gasteiger partial charge in [0.15, 0.2) is 0 Å². The van der Waals surface area contributed by atoms with E-state index in [2.05, 4.69) is 41.4 Å². The van der Waals surface area contributed by atoms with Crippen LogP contribution in [0.4, 0.5) is 5.69 Å². The van der Waals surface area contributed by atoms with Crippen molar-refractivity contribution in [1.82, 2.24) is 5.32 Å². The maximum Gasteiger partial charge on any atom is 0.0713 e. The number of ether oxygens (including phenoxy) is 1. The highest BCUT2D eigenvalue weighted by Crippen LogP contribution is 2.41. The molecule has 1 atom stereocenters. The van der Waals surface area contributed by atoms with Gasteiger partial charge in [-0.15, -0.1) is 0 Å². The maximum absolute atomic E-state index is 5.25. The number of nitrogens with one attached hydrogen (secondary N) is 1. The Kier molecular flexibility index (Phi) is 3.99. The largest absolute Gasteiger partial charge is 0.380 e. The highest BCUT2D eigenvalue weighted by Gasteiger charge is 2.43. The third-order valence-electron chi connectivity index (χ3n) is 4.72. The zero-order valence-corrected chi connectivity index (χ0v) is 12.7. The predicted octanol–water partition coefficient (Wildman–Crippen LogP) is 2.80. The van der Waals surface area contributed by atoms with Crippen LogP contribution in [0.3, 0.4) is 0 Å². The average molecular weight is 274 g/mol. The van der Waals surface area contributed by atoms with E-state index in [1.54, 1.807) is 7.11 Å². The molecule has 0 spiro atoms. The topological polar surface area (TPSA) is 24.5 Å². The van der Waals surface area contributed by atoms with Gasteiger partial charge < -0.3 is 15.0 Å². The first-order valence-electron chi connectivity index (χ1n) is 7.79. The van der Waals surface area contributed by atoms with Gasteiger partial charge >= 0.3 is 0 Å². The Labute approximate surface area is 122 Å². The van der Waals surface area contributed by atoms with E-state index < -0.39 is 0 Å². The third kappa shape index (κ3) is 2.99. The van der Waals surface area contributed by atoms with Gasteiger partial charge in [0.25, 0.3) is 0 Å². The van der Waals surface area contributed by atoms with Gasteiger partial charge in [0.2, 0.25) is 0 Å². The summed E-state index contributed by atoms with van der Waals surface area (Å²) in [7, 11) is 1.76. The van der Waals surface area contributed by atoms with Crippen LogP contribution in [0, 0.1) is 5.92 Å². The Morgan fingerprint density at radius 3 is 3.00 bits per heavy atom. The van der Waals surface area contributed by atoms with Crippen molar-refractivity contribution in [2.45, 2.75) is 38.3 Å². The van der Waals surface area contributed by atoms with Crippen molar-refractivity contribution >= 4 is 5.69 Å². The Morgan fingerprint density at radius 2 is 2.25 bits per heavy atom. The van der Waals surface area contributed by atoms with Crippen molar-refractivity contribution in [3.63, 3.8) is 0 Å². The summed E-state index contributed by atoms with van der Waals surface area (Å²) in [6, 6.07) is 8.81. The molecule has 2 aliphatic rings. The lowest BCUT2D eigenvalue weighted by molar-refractivity contribution is 0.185. The van der Waals surface area contributed by atoms with Crippen LogP contribution < -0.4 is 10.2 Å². The molecule has 1 unspecified atom stereocenters. The van der Waals surface area contributed by atoms with Crippen LogP contribution in [0.15, 0.2) is 24.3 Å². The summed E-state index contributed by atoms with van der Waals surface area (Å²) in [5.41, 5.74) is 2.89. The Bertz CT molecular complexity index is 458. The first-order valence-corrected chi connectivity index (χ1v) is 7.79. The fourth-order valence-electron chi connectivity index (χ4n) is 3.40. The lowest BCUT2D eigenvalue weighted by Gasteiger charge is -2.35. The molecule has 1 aromatic rings. The molecule has 20 heavy (non-hydrogen) atoms. The van der Waals surface area contributed by atoms with Crippen molar-refractivity contribution in [3.05, 3.63) is 29.8 Å². The maximum atomic E-state index is 5.25. The number of hydrogen-bond donors (Lipinski definition) is 1. The first-order chi connectivity index (χ1) is 9.71. The lowest BCUT2D eigenvalue weighted by Crippen LogP contribution is -2.51. The highest BCUT2D eigenvalue weighted by molar-refractivity contribution is 5.49. The van der Waals surface area contributed by atoms with Gasteiger partial charge in [-0.2, -0.15) is 0 Å². The molecule has 1 aliphatic heterocycles. The molecule has 0 aromatic heterocycles. The molecule has 1 heterocycles. The minimum absolute atomic E-state index is 0.285. The van der Waals surface area contributed by atoms with E-state index in [0.717, 1.165) is 25.6 Å². The number of methoxy groups -OCH3 is 1. The van der Waals surface area contributed by atoms with E-state index in [1.807, 2.05) is 0 Å². The highest BCUT2D eigenvalue weighted by atomic mass is 16.5. The molecule has 1 aromatic carbocycles. The average Bonchev–Trinajstić information content (AvgIpc) is 3.26. The van der Waals surface area contributed by atoms with Crippen LogP contribution in [0.1, 0.15) is 31.7 Å². The second-order valence-electron chi connectivity index (χ2n) is 6.50. The number of benzene rings is 1. The first kappa shape index (κ1) is 13.9. The zero-order valence-electron chi connectivity index (χ0n) is 12.7. The quantitative estimate of drug-likeness (QED) is 0.913. The molecule has 3 nitrogen and oxygen atoms in total. The summed E-state index contributed by atoms with van der Waals surface area (Å²) in [4.78, 5) is 2.55. The van der Waals surface area contributed by atoms with Crippen LogP contribution >= 0.6 is 0 Å². The van der Waals surface area contributed by atoms with Crippen molar-refractivity contribution in [2.24, 2.45) is 5.92 Å². The molecular weight excluding hydrogens is 248 g/mol. The minimum Gasteiger partial charge on any atom is -0.380 e. The Morgan fingerprint density at radius 1 is 1.40 bits per heavy atom. The summed E-state index contributed by atoms with van der Waals surface area (Å²) in [6.07, 6.45) is 4.00. The van der Waals surface area contributed by atoms with Crippen LogP contribution in [0.2, 0.25) is 0 Å². The van der Waals surface area contributed by atoms with E-state index in [0.29, 0.717) is 6.61 Å². The zero-order chi connectivity index (χ0) is 14.0. The second-order valence-corrected chi connectivity index (χ2v) is 6.50. The predicted molar refractivity (Wildman–Crippen MR) is 83.1 cm³/mol.